The summed E-state index contributed by atoms with van der Waals surface area (Å²) >= 11 is 0. The van der Waals surface area contributed by atoms with Crippen LogP contribution in [0.4, 0.5) is 13.2 Å². The SMILES string of the molecule is O=C(c1cccc(C(F)(F)F)n1)N1CCCN2CC(Oc3cnc(C4CC4)cn3)CC2C1. The molecule has 2 aromatic rings. The molecule has 7 nitrogen and oxygen atoms in total. The van der Waals surface area contributed by atoms with Gasteiger partial charge in [0.2, 0.25) is 5.88 Å². The van der Waals surface area contributed by atoms with Crippen LogP contribution >= 0.6 is 0 Å². The van der Waals surface area contributed by atoms with Crippen LogP contribution in [0.15, 0.2) is 30.6 Å². The van der Waals surface area contributed by atoms with E-state index in [1.54, 1.807) is 17.3 Å². The third-order valence-corrected chi connectivity index (χ3v) is 6.27. The number of hydrogen-bond acceptors (Lipinski definition) is 6. The molecule has 3 fully saturated rings. The summed E-state index contributed by atoms with van der Waals surface area (Å²) in [5.74, 6) is 0.567. The van der Waals surface area contributed by atoms with Gasteiger partial charge in [0.25, 0.3) is 5.91 Å². The molecule has 10 heteroatoms. The van der Waals surface area contributed by atoms with Gasteiger partial charge in [-0.2, -0.15) is 13.2 Å². The van der Waals surface area contributed by atoms with Crippen LogP contribution in [-0.2, 0) is 6.18 Å². The second kappa shape index (κ2) is 8.31. The largest absolute Gasteiger partial charge is 0.472 e. The van der Waals surface area contributed by atoms with Crippen LogP contribution in [0.2, 0.25) is 0 Å². The van der Waals surface area contributed by atoms with Gasteiger partial charge in [-0.15, -0.1) is 0 Å². The minimum atomic E-state index is -4.58. The number of pyridine rings is 1. The molecule has 2 atom stereocenters. The normalized spacial score (nSPS) is 24.2. The highest BCUT2D eigenvalue weighted by Gasteiger charge is 2.38. The predicted molar refractivity (Wildman–Crippen MR) is 108 cm³/mol. The number of aromatic nitrogens is 3. The predicted octanol–water partition coefficient (Wildman–Crippen LogP) is 3.14. The van der Waals surface area contributed by atoms with Crippen molar-refractivity contribution in [1.82, 2.24) is 24.8 Å². The Bertz CT molecular complexity index is 980. The van der Waals surface area contributed by atoms with E-state index in [1.165, 1.54) is 25.0 Å². The van der Waals surface area contributed by atoms with Gasteiger partial charge < -0.3 is 9.64 Å². The van der Waals surface area contributed by atoms with Crippen LogP contribution in [-0.4, -0.2) is 69.0 Å². The van der Waals surface area contributed by atoms with Crippen molar-refractivity contribution in [3.8, 4) is 5.88 Å². The lowest BCUT2D eigenvalue weighted by Crippen LogP contribution is -2.40. The summed E-state index contributed by atoms with van der Waals surface area (Å²) in [4.78, 5) is 29.2. The van der Waals surface area contributed by atoms with Crippen LogP contribution in [0.5, 0.6) is 5.88 Å². The quantitative estimate of drug-likeness (QED) is 0.717. The monoisotopic (exact) mass is 447 g/mol. The number of hydrogen-bond donors (Lipinski definition) is 0. The number of ether oxygens (including phenoxy) is 1. The fourth-order valence-electron chi connectivity index (χ4n) is 4.50. The molecule has 1 aliphatic carbocycles. The average molecular weight is 447 g/mol. The van der Waals surface area contributed by atoms with Gasteiger partial charge in [0.15, 0.2) is 0 Å². The lowest BCUT2D eigenvalue weighted by Gasteiger charge is -2.25. The number of halogens is 3. The van der Waals surface area contributed by atoms with Crippen molar-refractivity contribution in [2.45, 2.75) is 49.9 Å². The van der Waals surface area contributed by atoms with Gasteiger partial charge in [-0.25, -0.2) is 9.97 Å². The van der Waals surface area contributed by atoms with Gasteiger partial charge in [0, 0.05) is 44.6 Å². The van der Waals surface area contributed by atoms with Crippen molar-refractivity contribution >= 4 is 5.91 Å². The summed E-state index contributed by atoms with van der Waals surface area (Å²) in [6.07, 6.45) is 2.59. The van der Waals surface area contributed by atoms with E-state index < -0.39 is 17.8 Å². The van der Waals surface area contributed by atoms with Gasteiger partial charge >= 0.3 is 6.18 Å². The molecule has 0 bridgehead atoms. The second-order valence-corrected chi connectivity index (χ2v) is 8.69. The first-order valence-corrected chi connectivity index (χ1v) is 10.9. The van der Waals surface area contributed by atoms with Crippen LogP contribution < -0.4 is 4.74 Å². The number of rotatable bonds is 4. The molecule has 170 valence electrons. The molecular formula is C22H24F3N5O2. The summed E-state index contributed by atoms with van der Waals surface area (Å²) < 4.78 is 45.0. The molecule has 0 spiro atoms. The van der Waals surface area contributed by atoms with Crippen LogP contribution in [0, 0.1) is 0 Å². The molecule has 0 N–H and O–H groups in total. The molecule has 3 aliphatic rings. The highest BCUT2D eigenvalue weighted by molar-refractivity contribution is 5.92. The third kappa shape index (κ3) is 4.55. The first-order chi connectivity index (χ1) is 15.4. The standard InChI is InChI=1S/C22H24F3N5O2/c23-22(24,25)19-4-1-3-17(28-19)21(31)30-8-2-7-29-13-16(9-15(29)12-30)32-20-11-26-18(10-27-20)14-5-6-14/h1,3-4,10-11,14-16H,2,5-9,12-13H2. The minimum Gasteiger partial charge on any atom is -0.472 e. The summed E-state index contributed by atoms with van der Waals surface area (Å²) in [7, 11) is 0. The van der Waals surface area contributed by atoms with Crippen molar-refractivity contribution < 1.29 is 22.7 Å². The Morgan fingerprint density at radius 3 is 2.66 bits per heavy atom. The van der Waals surface area contributed by atoms with Crippen molar-refractivity contribution in [2.75, 3.05) is 26.2 Å². The zero-order valence-electron chi connectivity index (χ0n) is 17.5. The van der Waals surface area contributed by atoms with E-state index in [2.05, 4.69) is 19.9 Å². The third-order valence-electron chi connectivity index (χ3n) is 6.27. The molecule has 4 heterocycles. The van der Waals surface area contributed by atoms with E-state index in [4.69, 9.17) is 4.74 Å². The maximum Gasteiger partial charge on any atom is 0.433 e. The van der Waals surface area contributed by atoms with Gasteiger partial charge in [-0.05, 0) is 31.4 Å². The Kier molecular flexibility index (Phi) is 5.48. The average Bonchev–Trinajstić information content (AvgIpc) is 3.58. The van der Waals surface area contributed by atoms with E-state index in [1.807, 2.05) is 0 Å². The summed E-state index contributed by atoms with van der Waals surface area (Å²) in [6.45, 7) is 2.45. The second-order valence-electron chi connectivity index (χ2n) is 8.69. The highest BCUT2D eigenvalue weighted by atomic mass is 19.4. The molecule has 2 aliphatic heterocycles. The Labute approximate surface area is 183 Å². The van der Waals surface area contributed by atoms with Crippen molar-refractivity contribution in [1.29, 1.82) is 0 Å². The maximum atomic E-state index is 13.0. The lowest BCUT2D eigenvalue weighted by molar-refractivity contribution is -0.141. The molecule has 1 saturated carbocycles. The minimum absolute atomic E-state index is 0.0668. The van der Waals surface area contributed by atoms with Gasteiger partial charge in [0.05, 0.1) is 18.1 Å². The molecule has 0 radical (unpaired) electrons. The molecular weight excluding hydrogens is 423 g/mol. The first kappa shape index (κ1) is 21.1. The lowest BCUT2D eigenvalue weighted by atomic mass is 10.1. The molecule has 1 amide bonds. The van der Waals surface area contributed by atoms with Crippen LogP contribution in [0.25, 0.3) is 0 Å². The first-order valence-electron chi connectivity index (χ1n) is 10.9. The molecule has 2 aromatic heterocycles. The Hall–Kier alpha value is -2.75. The molecule has 2 unspecified atom stereocenters. The number of alkyl halides is 3. The van der Waals surface area contributed by atoms with E-state index in [-0.39, 0.29) is 17.8 Å². The molecule has 0 aromatic carbocycles. The summed E-state index contributed by atoms with van der Waals surface area (Å²) in [6, 6.07) is 3.52. The van der Waals surface area contributed by atoms with Gasteiger partial charge in [-0.3, -0.25) is 14.7 Å². The van der Waals surface area contributed by atoms with E-state index >= 15 is 0 Å². The highest BCUT2D eigenvalue weighted by Crippen LogP contribution is 2.38. The topological polar surface area (TPSA) is 71.5 Å². The number of fused-ring (bicyclic) bond motifs is 1. The Morgan fingerprint density at radius 1 is 1.09 bits per heavy atom. The van der Waals surface area contributed by atoms with E-state index in [0.717, 1.165) is 31.3 Å². The van der Waals surface area contributed by atoms with Gasteiger partial charge in [0.1, 0.15) is 17.5 Å². The van der Waals surface area contributed by atoms with Crippen molar-refractivity contribution in [3.05, 3.63) is 47.7 Å². The number of nitrogens with zero attached hydrogens (tertiary/aromatic N) is 5. The Morgan fingerprint density at radius 2 is 1.94 bits per heavy atom. The maximum absolute atomic E-state index is 13.0. The molecule has 32 heavy (non-hydrogen) atoms. The van der Waals surface area contributed by atoms with E-state index in [9.17, 15) is 18.0 Å². The van der Waals surface area contributed by atoms with Crippen molar-refractivity contribution in [2.24, 2.45) is 0 Å². The summed E-state index contributed by atoms with van der Waals surface area (Å²) in [5.41, 5.74) is -0.219. The number of amides is 1. The number of carbonyl (C=O) groups excluding carboxylic acids is 1. The van der Waals surface area contributed by atoms with Crippen LogP contribution in [0.1, 0.15) is 53.5 Å². The Balaban J connectivity index is 1.23. The zero-order valence-corrected chi connectivity index (χ0v) is 17.5. The smallest absolute Gasteiger partial charge is 0.433 e. The van der Waals surface area contributed by atoms with E-state index in [0.29, 0.717) is 31.3 Å². The molecule has 2 saturated heterocycles. The van der Waals surface area contributed by atoms with Crippen molar-refractivity contribution in [3.63, 3.8) is 0 Å². The summed E-state index contributed by atoms with van der Waals surface area (Å²) in [5, 5.41) is 0. The number of carbonyl (C=O) groups is 1. The van der Waals surface area contributed by atoms with Crippen LogP contribution in [0.3, 0.4) is 0 Å². The fraction of sp³-hybridized carbons (Fsp3) is 0.545. The fourth-order valence-corrected chi connectivity index (χ4v) is 4.50. The van der Waals surface area contributed by atoms with Gasteiger partial charge in [-0.1, -0.05) is 6.07 Å². The molecule has 5 rings (SSSR count). The zero-order chi connectivity index (χ0) is 22.3.